The van der Waals surface area contributed by atoms with E-state index in [4.69, 9.17) is 26.2 Å². The number of hydrogen-bond donors (Lipinski definition) is 1. The standard InChI is InChI=1S/C25H21BrClNO5/c1-15-24(17-5-3-2-4-6-17)33-25(31)28(15)14-18-12-19(26)7-8-22(18)32-21-10-16(11-23(29)30)9-20(27)13-21/h2-10,12-13,15,24H,11,14H2,1H3,(H,29,30)/t15-,24-/m0/s1. The highest BCUT2D eigenvalue weighted by Gasteiger charge is 2.39. The first-order valence-electron chi connectivity index (χ1n) is 10.3. The van der Waals surface area contributed by atoms with Crippen molar-refractivity contribution in [3.05, 3.63) is 92.9 Å². The summed E-state index contributed by atoms with van der Waals surface area (Å²) in [6.45, 7) is 2.23. The molecule has 1 heterocycles. The van der Waals surface area contributed by atoms with E-state index in [1.54, 1.807) is 29.2 Å². The van der Waals surface area contributed by atoms with E-state index in [0.29, 0.717) is 22.1 Å². The van der Waals surface area contributed by atoms with Gasteiger partial charge in [-0.25, -0.2) is 4.79 Å². The average Bonchev–Trinajstić information content (AvgIpc) is 3.03. The van der Waals surface area contributed by atoms with Gasteiger partial charge in [-0.3, -0.25) is 9.69 Å². The van der Waals surface area contributed by atoms with Gasteiger partial charge in [0.25, 0.3) is 0 Å². The molecule has 0 bridgehead atoms. The first kappa shape index (κ1) is 23.1. The molecular formula is C25H21BrClNO5. The number of nitrogens with zero attached hydrogens (tertiary/aromatic N) is 1. The summed E-state index contributed by atoms with van der Waals surface area (Å²) >= 11 is 9.65. The lowest BCUT2D eigenvalue weighted by atomic mass is 10.0. The van der Waals surface area contributed by atoms with Gasteiger partial charge in [0.1, 0.15) is 17.6 Å². The number of carboxylic acid groups (broad SMARTS) is 1. The highest BCUT2D eigenvalue weighted by atomic mass is 79.9. The number of aliphatic carboxylic acids is 1. The van der Waals surface area contributed by atoms with Crippen molar-refractivity contribution in [2.75, 3.05) is 0 Å². The summed E-state index contributed by atoms with van der Waals surface area (Å²) in [7, 11) is 0. The molecule has 3 aromatic carbocycles. The number of carbonyl (C=O) groups is 2. The number of cyclic esters (lactones) is 1. The summed E-state index contributed by atoms with van der Waals surface area (Å²) in [6.07, 6.45) is -0.919. The number of carbonyl (C=O) groups excluding carboxylic acids is 1. The third-order valence-electron chi connectivity index (χ3n) is 5.40. The number of benzene rings is 3. The van der Waals surface area contributed by atoms with Crippen LogP contribution in [0.4, 0.5) is 4.79 Å². The molecule has 1 fully saturated rings. The van der Waals surface area contributed by atoms with E-state index in [-0.39, 0.29) is 25.1 Å². The number of halogens is 2. The summed E-state index contributed by atoms with van der Waals surface area (Å²) in [4.78, 5) is 25.5. The predicted molar refractivity (Wildman–Crippen MR) is 128 cm³/mol. The van der Waals surface area contributed by atoms with Crippen molar-refractivity contribution < 1.29 is 24.2 Å². The van der Waals surface area contributed by atoms with Crippen molar-refractivity contribution in [3.63, 3.8) is 0 Å². The Morgan fingerprint density at radius 3 is 2.64 bits per heavy atom. The summed E-state index contributed by atoms with van der Waals surface area (Å²) in [5.74, 6) is -0.00603. The van der Waals surface area contributed by atoms with Crippen LogP contribution >= 0.6 is 27.5 Å². The molecule has 0 aliphatic carbocycles. The summed E-state index contributed by atoms with van der Waals surface area (Å²) < 4.78 is 12.6. The molecule has 3 aromatic rings. The normalized spacial score (nSPS) is 17.7. The molecule has 1 aliphatic rings. The summed E-state index contributed by atoms with van der Waals surface area (Å²) in [6, 6.07) is 19.8. The van der Waals surface area contributed by atoms with Crippen molar-refractivity contribution >= 4 is 39.6 Å². The largest absolute Gasteiger partial charge is 0.481 e. The van der Waals surface area contributed by atoms with Crippen LogP contribution in [0.3, 0.4) is 0 Å². The molecule has 1 saturated heterocycles. The van der Waals surface area contributed by atoms with Crippen molar-refractivity contribution in [1.82, 2.24) is 4.90 Å². The Morgan fingerprint density at radius 1 is 1.15 bits per heavy atom. The van der Waals surface area contributed by atoms with Crippen LogP contribution in [0.1, 0.15) is 29.7 Å². The molecule has 8 heteroatoms. The molecule has 0 radical (unpaired) electrons. The van der Waals surface area contributed by atoms with Crippen molar-refractivity contribution in [3.8, 4) is 11.5 Å². The van der Waals surface area contributed by atoms with Crippen LogP contribution in [0.25, 0.3) is 0 Å². The molecule has 4 rings (SSSR count). The first-order chi connectivity index (χ1) is 15.8. The third kappa shape index (κ3) is 5.49. The van der Waals surface area contributed by atoms with E-state index in [2.05, 4.69) is 15.9 Å². The van der Waals surface area contributed by atoms with Crippen LogP contribution in [0.15, 0.2) is 71.2 Å². The summed E-state index contributed by atoms with van der Waals surface area (Å²) in [5, 5.41) is 9.47. The maximum absolute atomic E-state index is 12.7. The van der Waals surface area contributed by atoms with Gasteiger partial charge in [0.15, 0.2) is 0 Å². The van der Waals surface area contributed by atoms with Crippen LogP contribution in [0.5, 0.6) is 11.5 Å². The van der Waals surface area contributed by atoms with Gasteiger partial charge in [-0.05, 0) is 54.4 Å². The zero-order valence-corrected chi connectivity index (χ0v) is 20.0. The van der Waals surface area contributed by atoms with Gasteiger partial charge < -0.3 is 14.6 Å². The minimum atomic E-state index is -0.956. The van der Waals surface area contributed by atoms with Gasteiger partial charge in [0, 0.05) is 15.1 Å². The predicted octanol–water partition coefficient (Wildman–Crippen LogP) is 6.60. The monoisotopic (exact) mass is 529 g/mol. The molecule has 1 aliphatic heterocycles. The van der Waals surface area contributed by atoms with Crippen molar-refractivity contribution in [1.29, 1.82) is 0 Å². The highest BCUT2D eigenvalue weighted by molar-refractivity contribution is 9.10. The second-order valence-corrected chi connectivity index (χ2v) is 9.16. The lowest BCUT2D eigenvalue weighted by molar-refractivity contribution is -0.136. The second kappa shape index (κ2) is 9.85. The Kier molecular flexibility index (Phi) is 6.91. The van der Waals surface area contributed by atoms with Crippen LogP contribution in [0, 0.1) is 0 Å². The molecule has 1 amide bonds. The van der Waals surface area contributed by atoms with Gasteiger partial charge in [-0.15, -0.1) is 0 Å². The summed E-state index contributed by atoms with van der Waals surface area (Å²) in [5.41, 5.74) is 2.24. The zero-order valence-electron chi connectivity index (χ0n) is 17.7. The maximum atomic E-state index is 12.7. The molecule has 6 nitrogen and oxygen atoms in total. The lowest BCUT2D eigenvalue weighted by Crippen LogP contribution is -2.31. The number of carboxylic acids is 1. The van der Waals surface area contributed by atoms with Crippen molar-refractivity contribution in [2.45, 2.75) is 32.0 Å². The smallest absolute Gasteiger partial charge is 0.411 e. The quantitative estimate of drug-likeness (QED) is 0.372. The fraction of sp³-hybridized carbons (Fsp3) is 0.200. The van der Waals surface area contributed by atoms with Gasteiger partial charge in [0.2, 0.25) is 0 Å². The first-order valence-corrected chi connectivity index (χ1v) is 11.5. The third-order valence-corrected chi connectivity index (χ3v) is 6.11. The van der Waals surface area contributed by atoms with Crippen LogP contribution < -0.4 is 4.74 Å². The van der Waals surface area contributed by atoms with E-state index in [0.717, 1.165) is 15.6 Å². The minimum absolute atomic E-state index is 0.165. The molecular weight excluding hydrogens is 510 g/mol. The molecule has 33 heavy (non-hydrogen) atoms. The lowest BCUT2D eigenvalue weighted by Gasteiger charge is -2.22. The molecule has 0 saturated carbocycles. The number of hydrogen-bond acceptors (Lipinski definition) is 4. The fourth-order valence-corrected chi connectivity index (χ4v) is 4.50. The van der Waals surface area contributed by atoms with E-state index in [9.17, 15) is 9.59 Å². The number of rotatable bonds is 7. The SMILES string of the molecule is C[C@H]1[C@@H](c2ccccc2)OC(=O)N1Cc1cc(Br)ccc1Oc1cc(Cl)cc(CC(=O)O)c1. The van der Waals surface area contributed by atoms with Crippen LogP contribution in [-0.2, 0) is 22.5 Å². The molecule has 2 atom stereocenters. The van der Waals surface area contributed by atoms with Crippen LogP contribution in [-0.4, -0.2) is 28.1 Å². The minimum Gasteiger partial charge on any atom is -0.481 e. The Hall–Kier alpha value is -3.03. The van der Waals surface area contributed by atoms with E-state index < -0.39 is 12.1 Å². The zero-order chi connectivity index (χ0) is 23.5. The highest BCUT2D eigenvalue weighted by Crippen LogP contribution is 2.36. The van der Waals surface area contributed by atoms with Gasteiger partial charge >= 0.3 is 12.1 Å². The average molecular weight is 531 g/mol. The molecule has 170 valence electrons. The fourth-order valence-electron chi connectivity index (χ4n) is 3.84. The van der Waals surface area contributed by atoms with E-state index >= 15 is 0 Å². The van der Waals surface area contributed by atoms with Crippen LogP contribution in [0.2, 0.25) is 5.02 Å². The Balaban J connectivity index is 1.59. The van der Waals surface area contributed by atoms with Crippen molar-refractivity contribution in [2.24, 2.45) is 0 Å². The maximum Gasteiger partial charge on any atom is 0.411 e. The number of ether oxygens (including phenoxy) is 2. The topological polar surface area (TPSA) is 76.1 Å². The van der Waals surface area contributed by atoms with Gasteiger partial charge in [-0.1, -0.05) is 57.9 Å². The Labute approximate surface area is 204 Å². The van der Waals surface area contributed by atoms with Gasteiger partial charge in [0.05, 0.1) is 19.0 Å². The molecule has 1 N–H and O–H groups in total. The molecule has 0 spiro atoms. The Bertz CT molecular complexity index is 1190. The van der Waals surface area contributed by atoms with E-state index in [1.807, 2.05) is 49.4 Å². The van der Waals surface area contributed by atoms with E-state index in [1.165, 1.54) is 0 Å². The molecule has 0 unspecified atom stereocenters. The molecule has 0 aromatic heterocycles. The Morgan fingerprint density at radius 2 is 1.91 bits per heavy atom. The van der Waals surface area contributed by atoms with Gasteiger partial charge in [-0.2, -0.15) is 0 Å². The second-order valence-electron chi connectivity index (χ2n) is 7.80. The number of amides is 1.